The van der Waals surface area contributed by atoms with Crippen LogP contribution >= 0.6 is 0 Å². The summed E-state index contributed by atoms with van der Waals surface area (Å²) in [5.74, 6) is -1.19. The molecule has 7 nitrogen and oxygen atoms in total. The van der Waals surface area contributed by atoms with Crippen molar-refractivity contribution in [1.29, 1.82) is 0 Å². The molecule has 1 rings (SSSR count). The Morgan fingerprint density at radius 2 is 2.12 bits per heavy atom. The molecule has 0 fully saturated rings. The first-order valence-electron chi connectivity index (χ1n) is 4.50. The van der Waals surface area contributed by atoms with Gasteiger partial charge in [0.25, 0.3) is 10.0 Å². The molecule has 94 valence electrons. The van der Waals surface area contributed by atoms with Crippen molar-refractivity contribution in [2.75, 3.05) is 14.2 Å². The number of carboxylic acids is 1. The third-order valence-corrected chi connectivity index (χ3v) is 3.60. The monoisotopic (exact) mass is 260 g/mol. The van der Waals surface area contributed by atoms with E-state index in [0.29, 0.717) is 0 Å². The van der Waals surface area contributed by atoms with Crippen LogP contribution in [0.3, 0.4) is 0 Å². The van der Waals surface area contributed by atoms with E-state index in [0.717, 1.165) is 10.5 Å². The lowest BCUT2D eigenvalue weighted by Gasteiger charge is -2.16. The molecule has 0 atom stereocenters. The molecule has 8 heteroatoms. The van der Waals surface area contributed by atoms with Crippen LogP contribution in [-0.2, 0) is 14.9 Å². The summed E-state index contributed by atoms with van der Waals surface area (Å²) >= 11 is 0. The van der Waals surface area contributed by atoms with Gasteiger partial charge in [-0.25, -0.2) is 13.2 Å². The van der Waals surface area contributed by atoms with Gasteiger partial charge in [-0.2, -0.15) is 0 Å². The fourth-order valence-electron chi connectivity index (χ4n) is 1.13. The van der Waals surface area contributed by atoms with E-state index in [1.807, 2.05) is 0 Å². The predicted molar refractivity (Wildman–Crippen MR) is 58.5 cm³/mol. The Labute approximate surface area is 98.6 Å². The second-order valence-corrected chi connectivity index (χ2v) is 5.07. The molecule has 0 aliphatic carbocycles. The Kier molecular flexibility index (Phi) is 4.18. The number of carboxylic acid groups (broad SMARTS) is 1. The van der Waals surface area contributed by atoms with Gasteiger partial charge in [0.2, 0.25) is 0 Å². The van der Waals surface area contributed by atoms with Gasteiger partial charge in [-0.1, -0.05) is 6.07 Å². The number of hydrogen-bond donors (Lipinski definition) is 2. The molecule has 2 N–H and O–H groups in total. The zero-order valence-corrected chi connectivity index (χ0v) is 10.1. The van der Waals surface area contributed by atoms with Gasteiger partial charge in [-0.15, -0.1) is 10.0 Å². The number of hydrazine groups is 1. The van der Waals surface area contributed by atoms with Crippen molar-refractivity contribution in [2.45, 2.75) is 4.90 Å². The fraction of sp³-hybridized carbons (Fsp3) is 0.222. The average Bonchev–Trinajstić information content (AvgIpc) is 2.29. The van der Waals surface area contributed by atoms with E-state index >= 15 is 0 Å². The van der Waals surface area contributed by atoms with Crippen molar-refractivity contribution in [3.8, 4) is 0 Å². The van der Waals surface area contributed by atoms with Crippen LogP contribution in [0.2, 0.25) is 0 Å². The highest BCUT2D eigenvalue weighted by atomic mass is 32.2. The highest BCUT2D eigenvalue weighted by Crippen LogP contribution is 2.14. The van der Waals surface area contributed by atoms with Gasteiger partial charge in [0.15, 0.2) is 0 Å². The zero-order valence-electron chi connectivity index (χ0n) is 9.25. The minimum absolute atomic E-state index is 0.100. The molecular formula is C9H12N2O5S. The van der Waals surface area contributed by atoms with Gasteiger partial charge >= 0.3 is 5.97 Å². The summed E-state index contributed by atoms with van der Waals surface area (Å²) in [5, 5.41) is 8.77. The quantitative estimate of drug-likeness (QED) is 0.727. The van der Waals surface area contributed by atoms with Gasteiger partial charge in [0, 0.05) is 7.05 Å². The van der Waals surface area contributed by atoms with E-state index in [9.17, 15) is 13.2 Å². The molecule has 0 saturated carbocycles. The lowest BCUT2D eigenvalue weighted by Crippen LogP contribution is -2.38. The normalized spacial score (nSPS) is 11.7. The van der Waals surface area contributed by atoms with Crippen molar-refractivity contribution >= 4 is 16.0 Å². The number of nitrogens with one attached hydrogen (secondary N) is 1. The number of rotatable bonds is 5. The van der Waals surface area contributed by atoms with E-state index in [1.54, 1.807) is 0 Å². The third-order valence-electron chi connectivity index (χ3n) is 1.96. The first-order valence-corrected chi connectivity index (χ1v) is 5.94. The van der Waals surface area contributed by atoms with Crippen LogP contribution in [0.4, 0.5) is 0 Å². The minimum Gasteiger partial charge on any atom is -0.478 e. The van der Waals surface area contributed by atoms with Crippen molar-refractivity contribution in [3.05, 3.63) is 29.8 Å². The van der Waals surface area contributed by atoms with Crippen LogP contribution in [0.1, 0.15) is 10.4 Å². The van der Waals surface area contributed by atoms with E-state index in [2.05, 4.69) is 10.4 Å². The molecule has 0 aromatic heterocycles. The van der Waals surface area contributed by atoms with Crippen LogP contribution in [0.15, 0.2) is 29.2 Å². The Morgan fingerprint density at radius 3 is 2.65 bits per heavy atom. The summed E-state index contributed by atoms with van der Waals surface area (Å²) in [6, 6.07) is 5.04. The van der Waals surface area contributed by atoms with Crippen LogP contribution in [0.25, 0.3) is 0 Å². The minimum atomic E-state index is -3.82. The molecule has 0 heterocycles. The largest absolute Gasteiger partial charge is 0.478 e. The maximum atomic E-state index is 11.9. The van der Waals surface area contributed by atoms with Crippen LogP contribution in [-0.4, -0.2) is 38.1 Å². The maximum absolute atomic E-state index is 11.9. The second kappa shape index (κ2) is 5.23. The first kappa shape index (κ1) is 13.6. The SMILES string of the molecule is CONN(C)S(=O)(=O)c1cccc(C(=O)O)c1. The maximum Gasteiger partial charge on any atom is 0.335 e. The molecule has 1 aromatic carbocycles. The molecular weight excluding hydrogens is 248 g/mol. The van der Waals surface area contributed by atoms with E-state index in [-0.39, 0.29) is 10.5 Å². The van der Waals surface area contributed by atoms with Crippen molar-refractivity contribution in [3.63, 3.8) is 0 Å². The van der Waals surface area contributed by atoms with Gasteiger partial charge in [-0.3, -0.25) is 4.84 Å². The Balaban J connectivity index is 3.15. The molecule has 0 aliphatic rings. The molecule has 0 radical (unpaired) electrons. The van der Waals surface area contributed by atoms with E-state index in [1.165, 1.54) is 32.4 Å². The summed E-state index contributed by atoms with van der Waals surface area (Å²) in [6.07, 6.45) is 0. The lowest BCUT2D eigenvalue weighted by atomic mass is 10.2. The molecule has 0 aliphatic heterocycles. The first-order chi connectivity index (χ1) is 7.89. The van der Waals surface area contributed by atoms with E-state index < -0.39 is 16.0 Å². The van der Waals surface area contributed by atoms with Gasteiger partial charge < -0.3 is 5.11 Å². The Hall–Kier alpha value is -1.48. The van der Waals surface area contributed by atoms with Gasteiger partial charge in [0.05, 0.1) is 17.6 Å². The van der Waals surface area contributed by atoms with E-state index in [4.69, 9.17) is 5.11 Å². The van der Waals surface area contributed by atoms with Crippen molar-refractivity contribution in [2.24, 2.45) is 0 Å². The summed E-state index contributed by atoms with van der Waals surface area (Å²) in [7, 11) is -1.32. The molecule has 1 aromatic rings. The fourth-order valence-corrected chi connectivity index (χ4v) is 2.14. The summed E-state index contributed by atoms with van der Waals surface area (Å²) in [6.45, 7) is 0. The van der Waals surface area contributed by atoms with Crippen LogP contribution < -0.4 is 5.59 Å². The number of sulfonamides is 1. The number of hydrogen-bond acceptors (Lipinski definition) is 5. The zero-order chi connectivity index (χ0) is 13.1. The van der Waals surface area contributed by atoms with Crippen LogP contribution in [0, 0.1) is 0 Å². The average molecular weight is 260 g/mol. The molecule has 17 heavy (non-hydrogen) atoms. The highest BCUT2D eigenvalue weighted by molar-refractivity contribution is 7.89. The number of nitrogens with zero attached hydrogens (tertiary/aromatic N) is 1. The van der Waals surface area contributed by atoms with Gasteiger partial charge in [-0.05, 0) is 18.2 Å². The smallest absolute Gasteiger partial charge is 0.335 e. The lowest BCUT2D eigenvalue weighted by molar-refractivity contribution is 0.00512. The summed E-state index contributed by atoms with van der Waals surface area (Å²) in [5.41, 5.74) is 2.03. The van der Waals surface area contributed by atoms with Crippen molar-refractivity contribution < 1.29 is 23.2 Å². The highest BCUT2D eigenvalue weighted by Gasteiger charge is 2.21. The summed E-state index contributed by atoms with van der Waals surface area (Å²) < 4.78 is 24.5. The standard InChI is InChI=1S/C9H12N2O5S/c1-11(10-16-2)17(14,15)8-5-3-4-7(6-8)9(12)13/h3-6,10H,1-2H3,(H,12,13). The molecule has 0 bridgehead atoms. The number of benzene rings is 1. The topological polar surface area (TPSA) is 95.9 Å². The molecule has 0 spiro atoms. The molecule has 0 unspecified atom stereocenters. The number of aromatic carboxylic acids is 1. The molecule has 0 amide bonds. The van der Waals surface area contributed by atoms with Crippen molar-refractivity contribution in [1.82, 2.24) is 10.0 Å². The van der Waals surface area contributed by atoms with Crippen LogP contribution in [0.5, 0.6) is 0 Å². The second-order valence-electron chi connectivity index (χ2n) is 3.10. The Bertz CT molecular complexity index is 514. The Morgan fingerprint density at radius 1 is 1.47 bits per heavy atom. The third kappa shape index (κ3) is 3.01. The van der Waals surface area contributed by atoms with Gasteiger partial charge in [0.1, 0.15) is 0 Å². The predicted octanol–water partition coefficient (Wildman–Crippen LogP) is 0.0713. The summed E-state index contributed by atoms with van der Waals surface area (Å²) in [4.78, 5) is 15.1. The number of carbonyl (C=O) groups is 1. The molecule has 0 saturated heterocycles.